The molecule has 0 aromatic rings. The Bertz CT molecular complexity index is 220. The Morgan fingerprint density at radius 1 is 1.12 bits per heavy atom. The van der Waals surface area contributed by atoms with Gasteiger partial charge in [0.1, 0.15) is 0 Å². The molecule has 1 aliphatic heterocycles. The summed E-state index contributed by atoms with van der Waals surface area (Å²) in [5.74, 6) is -0.171. The first-order valence-corrected chi connectivity index (χ1v) is 6.37. The molecule has 100 valence electrons. The van der Waals surface area contributed by atoms with Crippen molar-refractivity contribution in [3.05, 3.63) is 0 Å². The number of ether oxygens (including phenoxy) is 3. The van der Waals surface area contributed by atoms with Crippen LogP contribution in [0.2, 0.25) is 0 Å². The zero-order chi connectivity index (χ0) is 12.8. The Morgan fingerprint density at radius 2 is 1.65 bits per heavy atom. The van der Waals surface area contributed by atoms with Crippen molar-refractivity contribution in [3.63, 3.8) is 0 Å². The van der Waals surface area contributed by atoms with E-state index in [1.807, 2.05) is 0 Å². The standard InChI is InChI=1S/C10H18O2.C3H6O2/c1-9(2)3-5-10(6-4-9)11-7-8-12-10;1-2-5-3-4/h3-8H2,1-2H3;3H,2H2,1H3. The van der Waals surface area contributed by atoms with Gasteiger partial charge >= 0.3 is 0 Å². The molecule has 1 spiro atoms. The molecule has 0 N–H and O–H groups in total. The molecule has 2 fully saturated rings. The van der Waals surface area contributed by atoms with Gasteiger partial charge < -0.3 is 14.2 Å². The van der Waals surface area contributed by atoms with Gasteiger partial charge in [-0.25, -0.2) is 0 Å². The fraction of sp³-hybridized carbons (Fsp3) is 0.923. The van der Waals surface area contributed by atoms with E-state index in [0.717, 1.165) is 26.1 Å². The largest absolute Gasteiger partial charge is 0.468 e. The molecule has 0 aromatic heterocycles. The second-order valence-electron chi connectivity index (χ2n) is 5.32. The van der Waals surface area contributed by atoms with Crippen molar-refractivity contribution >= 4 is 6.47 Å². The molecule has 1 saturated carbocycles. The Kier molecular flexibility index (Phi) is 5.40. The Balaban J connectivity index is 0.000000249. The predicted molar refractivity (Wildman–Crippen MR) is 64.6 cm³/mol. The van der Waals surface area contributed by atoms with Gasteiger partial charge in [0.2, 0.25) is 0 Å². The predicted octanol–water partition coefficient (Wildman–Crippen LogP) is 2.51. The average molecular weight is 244 g/mol. The highest BCUT2D eigenvalue weighted by Crippen LogP contribution is 2.43. The van der Waals surface area contributed by atoms with E-state index in [1.165, 1.54) is 12.8 Å². The second kappa shape index (κ2) is 6.36. The molecule has 2 aliphatic rings. The van der Waals surface area contributed by atoms with Crippen LogP contribution in [0.4, 0.5) is 0 Å². The maximum atomic E-state index is 9.18. The van der Waals surface area contributed by atoms with Gasteiger partial charge in [-0.15, -0.1) is 0 Å². The van der Waals surface area contributed by atoms with Crippen LogP contribution in [-0.4, -0.2) is 32.1 Å². The van der Waals surface area contributed by atoms with Crippen LogP contribution >= 0.6 is 0 Å². The molecule has 0 atom stereocenters. The number of rotatable bonds is 2. The fourth-order valence-electron chi connectivity index (χ4n) is 2.16. The van der Waals surface area contributed by atoms with Crippen LogP contribution in [0, 0.1) is 5.41 Å². The summed E-state index contributed by atoms with van der Waals surface area (Å²) >= 11 is 0. The molecule has 0 aromatic carbocycles. The Hall–Kier alpha value is -0.610. The van der Waals surface area contributed by atoms with E-state index in [9.17, 15) is 4.79 Å². The van der Waals surface area contributed by atoms with E-state index >= 15 is 0 Å². The van der Waals surface area contributed by atoms with Crippen LogP contribution in [0.15, 0.2) is 0 Å². The van der Waals surface area contributed by atoms with Crippen molar-refractivity contribution in [1.29, 1.82) is 0 Å². The molecule has 0 bridgehead atoms. The van der Waals surface area contributed by atoms with E-state index < -0.39 is 0 Å². The quantitative estimate of drug-likeness (QED) is 0.700. The topological polar surface area (TPSA) is 44.8 Å². The van der Waals surface area contributed by atoms with Gasteiger partial charge in [0.15, 0.2) is 5.79 Å². The average Bonchev–Trinajstić information content (AvgIpc) is 2.75. The first-order valence-electron chi connectivity index (χ1n) is 6.37. The Morgan fingerprint density at radius 3 is 2.00 bits per heavy atom. The number of carbonyl (C=O) groups is 1. The minimum atomic E-state index is -0.171. The van der Waals surface area contributed by atoms with Crippen LogP contribution in [0.3, 0.4) is 0 Å². The van der Waals surface area contributed by atoms with Crippen molar-refractivity contribution in [2.45, 2.75) is 52.2 Å². The zero-order valence-electron chi connectivity index (χ0n) is 11.2. The lowest BCUT2D eigenvalue weighted by Crippen LogP contribution is -2.37. The van der Waals surface area contributed by atoms with E-state index in [2.05, 4.69) is 18.6 Å². The molecule has 4 nitrogen and oxygen atoms in total. The van der Waals surface area contributed by atoms with Gasteiger partial charge in [-0.3, -0.25) is 4.79 Å². The van der Waals surface area contributed by atoms with Gasteiger partial charge in [0, 0.05) is 12.8 Å². The zero-order valence-corrected chi connectivity index (χ0v) is 11.2. The third-order valence-corrected chi connectivity index (χ3v) is 3.41. The smallest absolute Gasteiger partial charge is 0.293 e. The van der Waals surface area contributed by atoms with Gasteiger partial charge in [0.25, 0.3) is 6.47 Å². The maximum absolute atomic E-state index is 9.18. The Labute approximate surface area is 104 Å². The van der Waals surface area contributed by atoms with Crippen LogP contribution < -0.4 is 0 Å². The van der Waals surface area contributed by atoms with Crippen molar-refractivity contribution < 1.29 is 19.0 Å². The third kappa shape index (κ3) is 4.64. The minimum absolute atomic E-state index is 0.171. The molecule has 17 heavy (non-hydrogen) atoms. The highest BCUT2D eigenvalue weighted by atomic mass is 16.7. The van der Waals surface area contributed by atoms with Gasteiger partial charge in [0.05, 0.1) is 19.8 Å². The van der Waals surface area contributed by atoms with Crippen molar-refractivity contribution in [3.8, 4) is 0 Å². The molecule has 4 heteroatoms. The first kappa shape index (κ1) is 14.5. The number of hydrogen-bond acceptors (Lipinski definition) is 4. The number of hydrogen-bond donors (Lipinski definition) is 0. The van der Waals surface area contributed by atoms with Crippen LogP contribution in [0.5, 0.6) is 0 Å². The molecule has 1 saturated heterocycles. The van der Waals surface area contributed by atoms with Crippen molar-refractivity contribution in [2.75, 3.05) is 19.8 Å². The second-order valence-corrected chi connectivity index (χ2v) is 5.32. The fourth-order valence-corrected chi connectivity index (χ4v) is 2.16. The summed E-state index contributed by atoms with van der Waals surface area (Å²) < 4.78 is 15.5. The van der Waals surface area contributed by atoms with Gasteiger partial charge in [-0.2, -0.15) is 0 Å². The lowest BCUT2D eigenvalue weighted by atomic mass is 9.75. The normalized spacial score (nSPS) is 24.9. The van der Waals surface area contributed by atoms with E-state index in [4.69, 9.17) is 9.47 Å². The summed E-state index contributed by atoms with van der Waals surface area (Å²) in [6, 6.07) is 0. The minimum Gasteiger partial charge on any atom is -0.468 e. The van der Waals surface area contributed by atoms with Crippen LogP contribution in [0.25, 0.3) is 0 Å². The van der Waals surface area contributed by atoms with Crippen LogP contribution in [0.1, 0.15) is 46.5 Å². The summed E-state index contributed by atoms with van der Waals surface area (Å²) in [6.07, 6.45) is 4.62. The molecule has 0 unspecified atom stereocenters. The van der Waals surface area contributed by atoms with E-state index in [1.54, 1.807) is 6.92 Å². The maximum Gasteiger partial charge on any atom is 0.293 e. The van der Waals surface area contributed by atoms with Crippen molar-refractivity contribution in [2.24, 2.45) is 5.41 Å². The molecule has 1 aliphatic carbocycles. The summed E-state index contributed by atoms with van der Waals surface area (Å²) in [5.41, 5.74) is 0.501. The molecule has 1 heterocycles. The van der Waals surface area contributed by atoms with Gasteiger partial charge in [-0.05, 0) is 25.2 Å². The molecule has 0 amide bonds. The van der Waals surface area contributed by atoms with Gasteiger partial charge in [-0.1, -0.05) is 13.8 Å². The third-order valence-electron chi connectivity index (χ3n) is 3.41. The monoisotopic (exact) mass is 244 g/mol. The molecular weight excluding hydrogens is 220 g/mol. The summed E-state index contributed by atoms with van der Waals surface area (Å²) in [7, 11) is 0. The summed E-state index contributed by atoms with van der Waals surface area (Å²) in [6.45, 7) is 8.91. The van der Waals surface area contributed by atoms with Crippen LogP contribution in [-0.2, 0) is 19.0 Å². The lowest BCUT2D eigenvalue weighted by molar-refractivity contribution is -0.188. The molecular formula is C13H24O4. The number of carbonyl (C=O) groups excluding carboxylic acids is 1. The van der Waals surface area contributed by atoms with E-state index in [0.29, 0.717) is 18.5 Å². The van der Waals surface area contributed by atoms with Crippen molar-refractivity contribution in [1.82, 2.24) is 0 Å². The molecule has 0 radical (unpaired) electrons. The first-order chi connectivity index (χ1) is 8.04. The summed E-state index contributed by atoms with van der Waals surface area (Å²) in [4.78, 5) is 9.18. The lowest BCUT2D eigenvalue weighted by Gasteiger charge is -2.39. The van der Waals surface area contributed by atoms with E-state index in [-0.39, 0.29) is 5.79 Å². The SMILES string of the molecule is CC1(C)CCC2(CC1)OCCO2.CCOC=O. The highest BCUT2D eigenvalue weighted by Gasteiger charge is 2.42. The highest BCUT2D eigenvalue weighted by molar-refractivity contribution is 5.36. The summed E-state index contributed by atoms with van der Waals surface area (Å²) in [5, 5.41) is 0. The molecule has 2 rings (SSSR count).